The molecule has 1 saturated carbocycles. The number of rotatable bonds is 6. The summed E-state index contributed by atoms with van der Waals surface area (Å²) in [6, 6.07) is 8.02. The SMILES string of the molecule is C[C@H](c1ccco1)N(C(=O)NC[C@H](C)c1ccncc1)C1CC1. The van der Waals surface area contributed by atoms with Crippen LogP contribution in [0, 0.1) is 0 Å². The molecule has 5 heteroatoms. The molecule has 2 amide bonds. The second kappa shape index (κ2) is 6.86. The van der Waals surface area contributed by atoms with Gasteiger partial charge >= 0.3 is 6.03 Å². The topological polar surface area (TPSA) is 58.4 Å². The van der Waals surface area contributed by atoms with E-state index >= 15 is 0 Å². The van der Waals surface area contributed by atoms with Crippen molar-refractivity contribution < 1.29 is 9.21 Å². The third-order valence-corrected chi connectivity index (χ3v) is 4.38. The molecule has 2 aromatic heterocycles. The van der Waals surface area contributed by atoms with Gasteiger partial charge in [0.1, 0.15) is 5.76 Å². The molecule has 0 unspecified atom stereocenters. The van der Waals surface area contributed by atoms with E-state index in [2.05, 4.69) is 17.2 Å². The van der Waals surface area contributed by atoms with Crippen LogP contribution in [-0.4, -0.2) is 28.5 Å². The van der Waals surface area contributed by atoms with Gasteiger partial charge in [-0.1, -0.05) is 6.92 Å². The van der Waals surface area contributed by atoms with Crippen molar-refractivity contribution in [3.63, 3.8) is 0 Å². The number of amides is 2. The zero-order valence-corrected chi connectivity index (χ0v) is 13.6. The zero-order chi connectivity index (χ0) is 16.2. The molecule has 2 heterocycles. The normalized spacial score (nSPS) is 16.6. The highest BCUT2D eigenvalue weighted by atomic mass is 16.3. The minimum absolute atomic E-state index is 0.0164. The van der Waals surface area contributed by atoms with Gasteiger partial charge in [-0.15, -0.1) is 0 Å². The van der Waals surface area contributed by atoms with Crippen LogP contribution in [0.15, 0.2) is 47.3 Å². The first kappa shape index (κ1) is 15.6. The van der Waals surface area contributed by atoms with Gasteiger partial charge in [-0.2, -0.15) is 0 Å². The predicted octanol–water partition coefficient (Wildman–Crippen LogP) is 3.71. The van der Waals surface area contributed by atoms with Crippen molar-refractivity contribution in [2.24, 2.45) is 0 Å². The summed E-state index contributed by atoms with van der Waals surface area (Å²) >= 11 is 0. The first-order chi connectivity index (χ1) is 11.2. The summed E-state index contributed by atoms with van der Waals surface area (Å²) in [7, 11) is 0. The summed E-state index contributed by atoms with van der Waals surface area (Å²) in [6.45, 7) is 4.73. The summed E-state index contributed by atoms with van der Waals surface area (Å²) in [5, 5.41) is 3.07. The van der Waals surface area contributed by atoms with Crippen molar-refractivity contribution in [3.8, 4) is 0 Å². The Morgan fingerprint density at radius 2 is 2.09 bits per heavy atom. The van der Waals surface area contributed by atoms with Crippen molar-refractivity contribution in [1.82, 2.24) is 15.2 Å². The Kier molecular flexibility index (Phi) is 4.65. The minimum atomic E-state index is -0.0475. The van der Waals surface area contributed by atoms with Crippen molar-refractivity contribution >= 4 is 6.03 Å². The molecule has 0 aliphatic heterocycles. The van der Waals surface area contributed by atoms with Crippen LogP contribution < -0.4 is 5.32 Å². The molecule has 0 aromatic carbocycles. The number of aromatic nitrogens is 1. The van der Waals surface area contributed by atoms with E-state index < -0.39 is 0 Å². The Labute approximate surface area is 136 Å². The molecule has 1 fully saturated rings. The molecule has 23 heavy (non-hydrogen) atoms. The third-order valence-electron chi connectivity index (χ3n) is 4.38. The van der Waals surface area contributed by atoms with Gasteiger partial charge in [0.15, 0.2) is 0 Å². The molecular weight excluding hydrogens is 290 g/mol. The Bertz CT molecular complexity index is 623. The standard InChI is InChI=1S/C18H23N3O2/c1-13(15-7-9-19-10-8-15)12-20-18(22)21(16-5-6-16)14(2)17-4-3-11-23-17/h3-4,7-11,13-14,16H,5-6,12H2,1-2H3,(H,20,22)/t13-,14+/m0/s1. The summed E-state index contributed by atoms with van der Waals surface area (Å²) in [6.07, 6.45) is 7.35. The third kappa shape index (κ3) is 3.73. The summed E-state index contributed by atoms with van der Waals surface area (Å²) in [4.78, 5) is 18.6. The van der Waals surface area contributed by atoms with Crippen molar-refractivity contribution in [2.75, 3.05) is 6.54 Å². The highest BCUT2D eigenvalue weighted by molar-refractivity contribution is 5.75. The van der Waals surface area contributed by atoms with Crippen molar-refractivity contribution in [1.29, 1.82) is 0 Å². The van der Waals surface area contributed by atoms with E-state index in [1.807, 2.05) is 36.1 Å². The molecule has 1 N–H and O–H groups in total. The van der Waals surface area contributed by atoms with Crippen LogP contribution in [0.3, 0.4) is 0 Å². The maximum absolute atomic E-state index is 12.7. The first-order valence-corrected chi connectivity index (χ1v) is 8.16. The van der Waals surface area contributed by atoms with E-state index in [-0.39, 0.29) is 18.0 Å². The van der Waals surface area contributed by atoms with Gasteiger partial charge in [0.25, 0.3) is 0 Å². The Morgan fingerprint density at radius 1 is 1.35 bits per heavy atom. The number of pyridine rings is 1. The molecule has 122 valence electrons. The van der Waals surface area contributed by atoms with Gasteiger partial charge in [0.05, 0.1) is 12.3 Å². The molecular formula is C18H23N3O2. The second-order valence-electron chi connectivity index (χ2n) is 6.20. The molecule has 2 atom stereocenters. The highest BCUT2D eigenvalue weighted by Crippen LogP contribution is 2.34. The maximum atomic E-state index is 12.7. The smallest absolute Gasteiger partial charge is 0.318 e. The molecule has 1 aliphatic carbocycles. The number of urea groups is 1. The molecule has 0 bridgehead atoms. The summed E-state index contributed by atoms with van der Waals surface area (Å²) in [5.41, 5.74) is 1.18. The van der Waals surface area contributed by atoms with E-state index in [9.17, 15) is 4.79 Å². The molecule has 1 aliphatic rings. The average molecular weight is 313 g/mol. The van der Waals surface area contributed by atoms with Crippen LogP contribution in [0.4, 0.5) is 4.79 Å². The summed E-state index contributed by atoms with van der Waals surface area (Å²) < 4.78 is 5.47. The zero-order valence-electron chi connectivity index (χ0n) is 13.6. The second-order valence-corrected chi connectivity index (χ2v) is 6.20. The molecule has 5 nitrogen and oxygen atoms in total. The highest BCUT2D eigenvalue weighted by Gasteiger charge is 2.37. The van der Waals surface area contributed by atoms with Crippen molar-refractivity contribution in [3.05, 3.63) is 54.2 Å². The van der Waals surface area contributed by atoms with Crippen LogP contribution in [0.25, 0.3) is 0 Å². The lowest BCUT2D eigenvalue weighted by atomic mass is 10.0. The van der Waals surface area contributed by atoms with E-state index in [1.165, 1.54) is 5.56 Å². The van der Waals surface area contributed by atoms with Gasteiger partial charge < -0.3 is 14.6 Å². The number of hydrogen-bond donors (Lipinski definition) is 1. The molecule has 2 aromatic rings. The number of nitrogens with one attached hydrogen (secondary N) is 1. The number of furan rings is 1. The van der Waals surface area contributed by atoms with Gasteiger partial charge in [-0.25, -0.2) is 4.79 Å². The summed E-state index contributed by atoms with van der Waals surface area (Å²) in [5.74, 6) is 1.08. The van der Waals surface area contributed by atoms with E-state index in [4.69, 9.17) is 4.42 Å². The fourth-order valence-corrected chi connectivity index (χ4v) is 2.82. The Morgan fingerprint density at radius 3 is 2.70 bits per heavy atom. The first-order valence-electron chi connectivity index (χ1n) is 8.16. The van der Waals surface area contributed by atoms with Gasteiger partial charge in [0, 0.05) is 25.0 Å². The average Bonchev–Trinajstić information content (AvgIpc) is 3.25. The Hall–Kier alpha value is -2.30. The van der Waals surface area contributed by atoms with E-state index in [0.717, 1.165) is 18.6 Å². The van der Waals surface area contributed by atoms with E-state index in [1.54, 1.807) is 18.7 Å². The molecule has 3 rings (SSSR count). The lowest BCUT2D eigenvalue weighted by Gasteiger charge is -2.28. The molecule has 0 spiro atoms. The lowest BCUT2D eigenvalue weighted by Crippen LogP contribution is -2.43. The minimum Gasteiger partial charge on any atom is -0.467 e. The number of carbonyl (C=O) groups excluding carboxylic acids is 1. The quantitative estimate of drug-likeness (QED) is 0.884. The lowest BCUT2D eigenvalue weighted by molar-refractivity contribution is 0.166. The largest absolute Gasteiger partial charge is 0.467 e. The van der Waals surface area contributed by atoms with Gasteiger partial charge in [-0.05, 0) is 55.5 Å². The van der Waals surface area contributed by atoms with Crippen LogP contribution in [-0.2, 0) is 0 Å². The molecule has 0 radical (unpaired) electrons. The van der Waals surface area contributed by atoms with E-state index in [0.29, 0.717) is 12.6 Å². The van der Waals surface area contributed by atoms with Gasteiger partial charge in [0.2, 0.25) is 0 Å². The number of hydrogen-bond acceptors (Lipinski definition) is 3. The monoisotopic (exact) mass is 313 g/mol. The van der Waals surface area contributed by atoms with Crippen LogP contribution in [0.5, 0.6) is 0 Å². The molecule has 0 saturated heterocycles. The fourth-order valence-electron chi connectivity index (χ4n) is 2.82. The fraction of sp³-hybridized carbons (Fsp3) is 0.444. The maximum Gasteiger partial charge on any atom is 0.318 e. The van der Waals surface area contributed by atoms with Crippen molar-refractivity contribution in [2.45, 2.75) is 44.7 Å². The number of carbonyl (C=O) groups is 1. The predicted molar refractivity (Wildman–Crippen MR) is 88.0 cm³/mol. The van der Waals surface area contributed by atoms with Crippen LogP contribution >= 0.6 is 0 Å². The Balaban J connectivity index is 1.61. The van der Waals surface area contributed by atoms with Crippen LogP contribution in [0.1, 0.15) is 50.0 Å². The van der Waals surface area contributed by atoms with Gasteiger partial charge in [-0.3, -0.25) is 4.98 Å². The van der Waals surface area contributed by atoms with Crippen LogP contribution in [0.2, 0.25) is 0 Å². The number of nitrogens with zero attached hydrogens (tertiary/aromatic N) is 2.